The second-order valence-corrected chi connectivity index (χ2v) is 14.0. The molecule has 10 aromatic rings. The normalized spacial score (nSPS) is 12.8. The third-order valence-electron chi connectivity index (χ3n) is 11.1. The molecular weight excluding hydrogens is 649 g/mol. The van der Waals surface area contributed by atoms with E-state index in [1.165, 1.54) is 21.8 Å². The second-order valence-electron chi connectivity index (χ2n) is 14.0. The van der Waals surface area contributed by atoms with E-state index in [2.05, 4.69) is 162 Å². The summed E-state index contributed by atoms with van der Waals surface area (Å²) in [6.07, 6.45) is 0. The van der Waals surface area contributed by atoms with Crippen molar-refractivity contribution in [1.82, 2.24) is 4.57 Å². The van der Waals surface area contributed by atoms with E-state index in [1.54, 1.807) is 0 Å². The lowest BCUT2D eigenvalue weighted by molar-refractivity contribution is 0.479. The van der Waals surface area contributed by atoms with Gasteiger partial charge in [-0.25, -0.2) is 0 Å². The second kappa shape index (κ2) is 10.8. The minimum Gasteiger partial charge on any atom is -0.551 e. The van der Waals surface area contributed by atoms with E-state index in [9.17, 15) is 0 Å². The van der Waals surface area contributed by atoms with Gasteiger partial charge in [0.05, 0.1) is 16.7 Å². The molecule has 8 aromatic carbocycles. The Morgan fingerprint density at radius 3 is 1.96 bits per heavy atom. The quantitative estimate of drug-likeness (QED) is 0.175. The first-order valence-corrected chi connectivity index (χ1v) is 18.0. The molecule has 2 aromatic heterocycles. The van der Waals surface area contributed by atoms with Gasteiger partial charge in [-0.3, -0.25) is 0 Å². The third kappa shape index (κ3) is 4.13. The molecule has 0 unspecified atom stereocenters. The third-order valence-corrected chi connectivity index (χ3v) is 11.1. The fraction of sp³-hybridized carbons (Fsp3) is 0. The fourth-order valence-electron chi connectivity index (χ4n) is 8.69. The van der Waals surface area contributed by atoms with Crippen molar-refractivity contribution >= 4 is 61.6 Å². The van der Waals surface area contributed by atoms with E-state index >= 15 is 0 Å². The highest BCUT2D eigenvalue weighted by Crippen LogP contribution is 2.43. The van der Waals surface area contributed by atoms with Crippen molar-refractivity contribution in [2.45, 2.75) is 0 Å². The summed E-state index contributed by atoms with van der Waals surface area (Å²) in [5.74, 6) is 2.50. The summed E-state index contributed by atoms with van der Waals surface area (Å²) in [6, 6.07) is 60.0. The average molecular weight is 678 g/mol. The smallest absolute Gasteiger partial charge is 0.434 e. The molecule has 0 amide bonds. The lowest BCUT2D eigenvalue weighted by Crippen LogP contribution is -2.53. The highest BCUT2D eigenvalue weighted by atomic mass is 16.5. The molecule has 0 saturated carbocycles. The Labute approximate surface area is 305 Å². The van der Waals surface area contributed by atoms with Gasteiger partial charge in [-0.15, -0.1) is 0 Å². The summed E-state index contributed by atoms with van der Waals surface area (Å²) in [5.41, 5.74) is 14.0. The maximum absolute atomic E-state index is 6.89. The van der Waals surface area contributed by atoms with E-state index in [0.717, 1.165) is 89.2 Å². The predicted octanol–water partition coefficient (Wildman–Crippen LogP) is 11.3. The molecule has 5 heteroatoms. The maximum atomic E-state index is 6.89. The van der Waals surface area contributed by atoms with Gasteiger partial charge < -0.3 is 18.4 Å². The summed E-state index contributed by atoms with van der Waals surface area (Å²) in [7, 11) is 0. The van der Waals surface area contributed by atoms with Gasteiger partial charge in [-0.05, 0) is 82.9 Å². The van der Waals surface area contributed by atoms with Crippen molar-refractivity contribution in [1.29, 1.82) is 0 Å². The summed E-state index contributed by atoms with van der Waals surface area (Å²) < 4.78 is 22.3. The van der Waals surface area contributed by atoms with Crippen molar-refractivity contribution in [3.8, 4) is 56.3 Å². The number of ether oxygens (including phenoxy) is 1. The van der Waals surface area contributed by atoms with Crippen LogP contribution in [0.15, 0.2) is 174 Å². The van der Waals surface area contributed by atoms with E-state index in [4.69, 9.17) is 13.8 Å². The monoisotopic (exact) mass is 677 g/mol. The van der Waals surface area contributed by atoms with E-state index < -0.39 is 0 Å². The lowest BCUT2D eigenvalue weighted by Gasteiger charge is -2.33. The topological polar surface area (TPSA) is 36.5 Å². The SMILES string of the molecule is c1ccc(-n2c3ccccc3c3ccccc32)c(-c2ccc3c(c2)Oc2cccc4c2B3Oc2ccc(-c3ccc5c(c3)oc3ccccc35)cc2-4)c1. The van der Waals surface area contributed by atoms with Crippen LogP contribution in [0.1, 0.15) is 0 Å². The Hall–Kier alpha value is -6.98. The van der Waals surface area contributed by atoms with Crippen LogP contribution in [-0.2, 0) is 0 Å². The Morgan fingerprint density at radius 2 is 1.09 bits per heavy atom. The Kier molecular flexibility index (Phi) is 5.83. The largest absolute Gasteiger partial charge is 0.551 e. The summed E-state index contributed by atoms with van der Waals surface area (Å²) in [5, 5.41) is 4.75. The molecule has 0 saturated heterocycles. The van der Waals surface area contributed by atoms with Crippen LogP contribution >= 0.6 is 0 Å². The van der Waals surface area contributed by atoms with Crippen LogP contribution in [0.3, 0.4) is 0 Å². The highest BCUT2D eigenvalue weighted by molar-refractivity contribution is 6.84. The van der Waals surface area contributed by atoms with Crippen LogP contribution < -0.4 is 20.3 Å². The molecule has 4 nitrogen and oxygen atoms in total. The number of furan rings is 1. The molecule has 2 aliphatic rings. The molecular formula is C48H28BNO3. The zero-order chi connectivity index (χ0) is 34.6. The van der Waals surface area contributed by atoms with Gasteiger partial charge in [0.2, 0.25) is 0 Å². The molecule has 0 atom stereocenters. The first-order chi connectivity index (χ1) is 26.3. The highest BCUT2D eigenvalue weighted by Gasteiger charge is 2.40. The maximum Gasteiger partial charge on any atom is 0.434 e. The molecule has 0 fully saturated rings. The van der Waals surface area contributed by atoms with E-state index in [0.29, 0.717) is 0 Å². The molecule has 0 bridgehead atoms. The average Bonchev–Trinajstić information content (AvgIpc) is 3.76. The van der Waals surface area contributed by atoms with Crippen molar-refractivity contribution < 1.29 is 13.8 Å². The Morgan fingerprint density at radius 1 is 0.415 bits per heavy atom. The number of hydrogen-bond donors (Lipinski definition) is 0. The summed E-state index contributed by atoms with van der Waals surface area (Å²) in [6.45, 7) is -0.281. The van der Waals surface area contributed by atoms with Gasteiger partial charge in [0.1, 0.15) is 28.4 Å². The van der Waals surface area contributed by atoms with Gasteiger partial charge in [0, 0.05) is 43.6 Å². The van der Waals surface area contributed by atoms with Gasteiger partial charge in [0.25, 0.3) is 0 Å². The first-order valence-electron chi connectivity index (χ1n) is 18.0. The number of benzene rings is 8. The van der Waals surface area contributed by atoms with Crippen molar-refractivity contribution in [3.05, 3.63) is 170 Å². The number of para-hydroxylation sites is 4. The molecule has 0 N–H and O–H groups in total. The number of hydrogen-bond acceptors (Lipinski definition) is 3. The van der Waals surface area contributed by atoms with E-state index in [1.807, 2.05) is 12.1 Å². The van der Waals surface area contributed by atoms with Crippen LogP contribution in [0.25, 0.3) is 82.8 Å². The zero-order valence-electron chi connectivity index (χ0n) is 28.4. The number of rotatable bonds is 3. The Bertz CT molecular complexity index is 3100. The van der Waals surface area contributed by atoms with Crippen LogP contribution in [0, 0.1) is 0 Å². The molecule has 2 aliphatic heterocycles. The number of fused-ring (bicyclic) bond motifs is 10. The summed E-state index contributed by atoms with van der Waals surface area (Å²) >= 11 is 0. The van der Waals surface area contributed by atoms with Gasteiger partial charge in [-0.1, -0.05) is 109 Å². The molecule has 246 valence electrons. The molecule has 53 heavy (non-hydrogen) atoms. The van der Waals surface area contributed by atoms with Crippen molar-refractivity contribution in [2.75, 3.05) is 0 Å². The van der Waals surface area contributed by atoms with Gasteiger partial charge in [-0.2, -0.15) is 0 Å². The Balaban J connectivity index is 0.945. The zero-order valence-corrected chi connectivity index (χ0v) is 28.4. The molecule has 12 rings (SSSR count). The molecule has 0 radical (unpaired) electrons. The molecule has 0 aliphatic carbocycles. The minimum absolute atomic E-state index is 0.281. The van der Waals surface area contributed by atoms with Crippen LogP contribution in [0.4, 0.5) is 0 Å². The molecule has 4 heterocycles. The van der Waals surface area contributed by atoms with Crippen molar-refractivity contribution in [2.24, 2.45) is 0 Å². The summed E-state index contributed by atoms with van der Waals surface area (Å²) in [4.78, 5) is 0. The first kappa shape index (κ1) is 28.7. The van der Waals surface area contributed by atoms with Crippen LogP contribution in [0.2, 0.25) is 0 Å². The number of nitrogens with zero attached hydrogens (tertiary/aromatic N) is 1. The predicted molar refractivity (Wildman–Crippen MR) is 217 cm³/mol. The molecule has 0 spiro atoms. The number of aromatic nitrogens is 1. The standard InChI is InChI=1S/C48H28BNO3/c1-5-15-40(50-41-16-6-2-11-33(41)34-12-3-7-17-42(34)50)32(10-1)31-21-24-39-47(28-31)52-45-19-9-14-37-38-26-29(22-25-44(38)53-49(39)48(37)45)30-20-23-36-35-13-4-8-18-43(35)51-46(36)27-30/h1-28H. The fourth-order valence-corrected chi connectivity index (χ4v) is 8.69. The van der Waals surface area contributed by atoms with Crippen molar-refractivity contribution in [3.63, 3.8) is 0 Å². The van der Waals surface area contributed by atoms with Gasteiger partial charge >= 0.3 is 6.92 Å². The van der Waals surface area contributed by atoms with E-state index in [-0.39, 0.29) is 6.92 Å². The van der Waals surface area contributed by atoms with Crippen LogP contribution in [-0.4, -0.2) is 11.5 Å². The minimum atomic E-state index is -0.281. The van der Waals surface area contributed by atoms with Crippen LogP contribution in [0.5, 0.6) is 17.2 Å². The van der Waals surface area contributed by atoms with Gasteiger partial charge in [0.15, 0.2) is 0 Å². The lowest BCUT2D eigenvalue weighted by atomic mass is 9.51.